The summed E-state index contributed by atoms with van der Waals surface area (Å²) < 4.78 is 5.27. The fraction of sp³-hybridized carbons (Fsp3) is 0.500. The van der Waals surface area contributed by atoms with E-state index >= 15 is 0 Å². The quantitative estimate of drug-likeness (QED) is 0.835. The van der Waals surface area contributed by atoms with Crippen molar-refractivity contribution < 1.29 is 4.42 Å². The molecule has 0 aliphatic carbocycles. The first-order chi connectivity index (χ1) is 8.74. The van der Waals surface area contributed by atoms with E-state index in [1.165, 1.54) is 0 Å². The summed E-state index contributed by atoms with van der Waals surface area (Å²) in [6, 6.07) is 2.11. The second-order valence-corrected chi connectivity index (χ2v) is 4.72. The van der Waals surface area contributed by atoms with Gasteiger partial charge in [-0.15, -0.1) is 5.10 Å². The number of aromatic nitrogens is 3. The number of nitrogens with one attached hydrogen (secondary N) is 1. The fourth-order valence-corrected chi connectivity index (χ4v) is 2.34. The van der Waals surface area contributed by atoms with E-state index in [0.29, 0.717) is 0 Å². The van der Waals surface area contributed by atoms with Crippen molar-refractivity contribution in [1.29, 1.82) is 0 Å². The Kier molecular flexibility index (Phi) is 2.79. The highest BCUT2D eigenvalue weighted by Crippen LogP contribution is 2.23. The highest BCUT2D eigenvalue weighted by Gasteiger charge is 2.20. The van der Waals surface area contributed by atoms with Crippen LogP contribution < -0.4 is 10.6 Å². The predicted molar refractivity (Wildman–Crippen MR) is 68.2 cm³/mol. The molecule has 1 fully saturated rings. The molecule has 3 heterocycles. The van der Waals surface area contributed by atoms with Crippen molar-refractivity contribution >= 4 is 5.95 Å². The van der Waals surface area contributed by atoms with E-state index in [4.69, 9.17) is 10.2 Å². The lowest BCUT2D eigenvalue weighted by molar-refractivity contribution is 0.500. The summed E-state index contributed by atoms with van der Waals surface area (Å²) in [7, 11) is 0. The summed E-state index contributed by atoms with van der Waals surface area (Å²) in [5, 5.41) is 7.22. The predicted octanol–water partition coefficient (Wildman–Crippen LogP) is 1.30. The Labute approximate surface area is 105 Å². The van der Waals surface area contributed by atoms with Gasteiger partial charge in [-0.3, -0.25) is 5.10 Å². The van der Waals surface area contributed by atoms with Crippen LogP contribution in [-0.4, -0.2) is 34.3 Å². The maximum Gasteiger partial charge on any atom is 0.245 e. The Bertz CT molecular complexity index is 532. The highest BCUT2D eigenvalue weighted by molar-refractivity contribution is 5.58. The second-order valence-electron chi connectivity index (χ2n) is 4.72. The van der Waals surface area contributed by atoms with Gasteiger partial charge in [0.1, 0.15) is 5.76 Å². The van der Waals surface area contributed by atoms with Crippen molar-refractivity contribution in [3.8, 4) is 11.4 Å². The van der Waals surface area contributed by atoms with Crippen molar-refractivity contribution in [3.63, 3.8) is 0 Å². The zero-order valence-corrected chi connectivity index (χ0v) is 10.4. The fourth-order valence-electron chi connectivity index (χ4n) is 2.34. The molecule has 96 valence electrons. The minimum Gasteiger partial charge on any atom is -0.469 e. The van der Waals surface area contributed by atoms with Gasteiger partial charge in [-0.05, 0) is 25.8 Å². The van der Waals surface area contributed by atoms with E-state index in [1.54, 1.807) is 6.26 Å². The molecule has 1 saturated heterocycles. The van der Waals surface area contributed by atoms with Crippen LogP contribution in [0.4, 0.5) is 5.95 Å². The lowest BCUT2D eigenvalue weighted by atomic mass is 10.1. The van der Waals surface area contributed by atoms with Crippen LogP contribution in [0.2, 0.25) is 0 Å². The molecule has 0 spiro atoms. The van der Waals surface area contributed by atoms with Crippen LogP contribution in [0.5, 0.6) is 0 Å². The van der Waals surface area contributed by atoms with Gasteiger partial charge >= 0.3 is 0 Å². The Hall–Kier alpha value is -1.82. The third kappa shape index (κ3) is 1.99. The molecule has 3 rings (SSSR count). The molecule has 2 aromatic rings. The van der Waals surface area contributed by atoms with Gasteiger partial charge in [0.2, 0.25) is 5.95 Å². The molecule has 18 heavy (non-hydrogen) atoms. The molecule has 1 atom stereocenters. The number of nitrogens with two attached hydrogens (primary N) is 1. The van der Waals surface area contributed by atoms with Gasteiger partial charge in [-0.25, -0.2) is 0 Å². The molecule has 0 saturated carbocycles. The van der Waals surface area contributed by atoms with Crippen molar-refractivity contribution in [2.45, 2.75) is 25.8 Å². The standard InChI is InChI=1S/C12H17N5O/c1-8-10(4-6-18-8)11-14-12(16-15-11)17-5-2-3-9(13)7-17/h4,6,9H,2-3,5,7,13H2,1H3,(H,14,15,16). The van der Waals surface area contributed by atoms with Crippen molar-refractivity contribution in [3.05, 3.63) is 18.1 Å². The molecule has 6 heteroatoms. The van der Waals surface area contributed by atoms with Crippen LogP contribution in [0.15, 0.2) is 16.7 Å². The van der Waals surface area contributed by atoms with Gasteiger partial charge in [-0.1, -0.05) is 0 Å². The van der Waals surface area contributed by atoms with Crippen molar-refractivity contribution in [2.24, 2.45) is 5.73 Å². The largest absolute Gasteiger partial charge is 0.469 e. The molecular weight excluding hydrogens is 230 g/mol. The van der Waals surface area contributed by atoms with Gasteiger partial charge in [0.15, 0.2) is 5.82 Å². The van der Waals surface area contributed by atoms with Gasteiger partial charge in [0, 0.05) is 19.1 Å². The molecular formula is C12H17N5O. The number of rotatable bonds is 2. The maximum atomic E-state index is 5.97. The average Bonchev–Trinajstić information content (AvgIpc) is 2.97. The lowest BCUT2D eigenvalue weighted by Crippen LogP contribution is -2.43. The number of anilines is 1. The zero-order chi connectivity index (χ0) is 12.5. The van der Waals surface area contributed by atoms with Gasteiger partial charge in [0.25, 0.3) is 0 Å². The number of piperidine rings is 1. The number of nitrogens with zero attached hydrogens (tertiary/aromatic N) is 3. The van der Waals surface area contributed by atoms with E-state index in [1.807, 2.05) is 13.0 Å². The molecule has 3 N–H and O–H groups in total. The van der Waals surface area contributed by atoms with Crippen molar-refractivity contribution in [1.82, 2.24) is 15.2 Å². The summed E-state index contributed by atoms with van der Waals surface area (Å²) in [5.74, 6) is 2.31. The van der Waals surface area contributed by atoms with Crippen LogP contribution in [0.1, 0.15) is 18.6 Å². The summed E-state index contributed by atoms with van der Waals surface area (Å²) in [5.41, 5.74) is 6.92. The first-order valence-electron chi connectivity index (χ1n) is 6.21. The maximum absolute atomic E-state index is 5.97. The smallest absolute Gasteiger partial charge is 0.245 e. The molecule has 1 aliphatic rings. The minimum absolute atomic E-state index is 0.219. The Balaban J connectivity index is 1.83. The Morgan fingerprint density at radius 2 is 2.44 bits per heavy atom. The summed E-state index contributed by atoms with van der Waals surface area (Å²) in [4.78, 5) is 6.64. The van der Waals surface area contributed by atoms with E-state index in [0.717, 1.165) is 49.0 Å². The Morgan fingerprint density at radius 1 is 1.56 bits per heavy atom. The van der Waals surface area contributed by atoms with E-state index in [9.17, 15) is 0 Å². The first-order valence-corrected chi connectivity index (χ1v) is 6.21. The number of hydrogen-bond donors (Lipinski definition) is 2. The molecule has 2 aromatic heterocycles. The number of hydrogen-bond acceptors (Lipinski definition) is 5. The van der Waals surface area contributed by atoms with Crippen LogP contribution in [-0.2, 0) is 0 Å². The van der Waals surface area contributed by atoms with E-state index < -0.39 is 0 Å². The molecule has 0 bridgehead atoms. The second kappa shape index (κ2) is 4.45. The van der Waals surface area contributed by atoms with Crippen LogP contribution >= 0.6 is 0 Å². The molecule has 1 aliphatic heterocycles. The van der Waals surface area contributed by atoms with Gasteiger partial charge in [-0.2, -0.15) is 4.98 Å². The van der Waals surface area contributed by atoms with E-state index in [-0.39, 0.29) is 6.04 Å². The Morgan fingerprint density at radius 3 is 3.17 bits per heavy atom. The average molecular weight is 247 g/mol. The minimum atomic E-state index is 0.219. The lowest BCUT2D eigenvalue weighted by Gasteiger charge is -2.29. The van der Waals surface area contributed by atoms with Crippen LogP contribution in [0, 0.1) is 6.92 Å². The summed E-state index contributed by atoms with van der Waals surface area (Å²) in [6.45, 7) is 3.70. The molecule has 1 unspecified atom stereocenters. The number of furan rings is 1. The third-order valence-electron chi connectivity index (χ3n) is 3.33. The van der Waals surface area contributed by atoms with Crippen LogP contribution in [0.3, 0.4) is 0 Å². The van der Waals surface area contributed by atoms with E-state index in [2.05, 4.69) is 20.1 Å². The number of H-pyrrole nitrogens is 1. The van der Waals surface area contributed by atoms with Crippen LogP contribution in [0.25, 0.3) is 11.4 Å². The van der Waals surface area contributed by atoms with Gasteiger partial charge < -0.3 is 15.1 Å². The topological polar surface area (TPSA) is 84.0 Å². The molecule has 0 radical (unpaired) electrons. The normalized spacial score (nSPS) is 20.3. The highest BCUT2D eigenvalue weighted by atomic mass is 16.3. The summed E-state index contributed by atoms with van der Waals surface area (Å²) >= 11 is 0. The number of aryl methyl sites for hydroxylation is 1. The SMILES string of the molecule is Cc1occc1-c1nc(N2CCCC(N)C2)n[nH]1. The molecule has 0 aromatic carbocycles. The molecule has 0 amide bonds. The monoisotopic (exact) mass is 247 g/mol. The summed E-state index contributed by atoms with van der Waals surface area (Å²) in [6.07, 6.45) is 3.83. The third-order valence-corrected chi connectivity index (χ3v) is 3.33. The van der Waals surface area contributed by atoms with Crippen molar-refractivity contribution in [2.75, 3.05) is 18.0 Å². The number of aromatic amines is 1. The zero-order valence-electron chi connectivity index (χ0n) is 10.4. The first kappa shape index (κ1) is 11.3. The molecule has 6 nitrogen and oxygen atoms in total. The van der Waals surface area contributed by atoms with Gasteiger partial charge in [0.05, 0.1) is 11.8 Å².